The number of rotatable bonds is 7. The van der Waals surface area contributed by atoms with Gasteiger partial charge in [0.15, 0.2) is 5.82 Å². The van der Waals surface area contributed by atoms with Gasteiger partial charge in [0.25, 0.3) is 0 Å². The van der Waals surface area contributed by atoms with E-state index in [2.05, 4.69) is 36.8 Å². The van der Waals surface area contributed by atoms with E-state index in [1.54, 1.807) is 0 Å². The summed E-state index contributed by atoms with van der Waals surface area (Å²) in [5.74, 6) is 2.93. The Labute approximate surface area is 171 Å². The van der Waals surface area contributed by atoms with Gasteiger partial charge in [-0.2, -0.15) is 20.3 Å². The van der Waals surface area contributed by atoms with Crippen LogP contribution in [-0.2, 0) is 0 Å². The number of aromatic nitrogens is 4. The van der Waals surface area contributed by atoms with Gasteiger partial charge in [-0.1, -0.05) is 0 Å². The average Bonchev–Trinajstić information content (AvgIpc) is 3.19. The Kier molecular flexibility index (Phi) is 5.53. The molecule has 0 amide bonds. The summed E-state index contributed by atoms with van der Waals surface area (Å²) in [6.07, 6.45) is 5.19. The SMILES string of the molecule is Cc1cc(Nc2cc(N(C)C)nc(N[C@@H]3C[C@H]4CC[C@@H](C3)N4CCC#N)n2)n[nH]1. The van der Waals surface area contributed by atoms with Crippen molar-refractivity contribution in [1.29, 1.82) is 5.26 Å². The lowest BCUT2D eigenvalue weighted by molar-refractivity contribution is 0.135. The Morgan fingerprint density at radius 1 is 1.21 bits per heavy atom. The second-order valence-corrected chi connectivity index (χ2v) is 8.23. The molecule has 0 saturated carbocycles. The summed E-state index contributed by atoms with van der Waals surface area (Å²) >= 11 is 0. The van der Waals surface area contributed by atoms with Crippen molar-refractivity contribution in [3.05, 3.63) is 17.8 Å². The number of fused-ring (bicyclic) bond motifs is 2. The van der Waals surface area contributed by atoms with Gasteiger partial charge in [-0.15, -0.1) is 0 Å². The number of aryl methyl sites for hydroxylation is 1. The van der Waals surface area contributed by atoms with E-state index in [1.807, 2.05) is 38.1 Å². The minimum absolute atomic E-state index is 0.351. The van der Waals surface area contributed by atoms with Crippen molar-refractivity contribution in [3.63, 3.8) is 0 Å². The third kappa shape index (κ3) is 4.43. The molecule has 0 aliphatic carbocycles. The molecule has 0 radical (unpaired) electrons. The van der Waals surface area contributed by atoms with Crippen LogP contribution in [0.1, 0.15) is 37.8 Å². The molecule has 3 N–H and O–H groups in total. The van der Waals surface area contributed by atoms with Crippen LogP contribution in [0.4, 0.5) is 23.4 Å². The van der Waals surface area contributed by atoms with E-state index in [9.17, 15) is 0 Å². The number of piperidine rings is 1. The van der Waals surface area contributed by atoms with Crippen molar-refractivity contribution >= 4 is 23.4 Å². The molecule has 0 spiro atoms. The number of nitrogens with zero attached hydrogens (tertiary/aromatic N) is 6. The number of hydrogen-bond acceptors (Lipinski definition) is 8. The van der Waals surface area contributed by atoms with Gasteiger partial charge in [0.2, 0.25) is 5.95 Å². The fourth-order valence-corrected chi connectivity index (χ4v) is 4.52. The molecule has 2 fully saturated rings. The zero-order chi connectivity index (χ0) is 20.4. The topological polar surface area (TPSA) is 109 Å². The van der Waals surface area contributed by atoms with Crippen LogP contribution in [0.15, 0.2) is 12.1 Å². The minimum Gasteiger partial charge on any atom is -0.363 e. The predicted octanol–water partition coefficient (Wildman–Crippen LogP) is 2.64. The Morgan fingerprint density at radius 2 is 1.97 bits per heavy atom. The van der Waals surface area contributed by atoms with Gasteiger partial charge in [0.05, 0.1) is 6.07 Å². The molecule has 0 unspecified atom stereocenters. The molecule has 2 aliphatic rings. The number of H-pyrrole nitrogens is 1. The first-order chi connectivity index (χ1) is 14.0. The van der Waals surface area contributed by atoms with Crippen LogP contribution < -0.4 is 15.5 Å². The zero-order valence-electron chi connectivity index (χ0n) is 17.3. The molecule has 2 aromatic heterocycles. The first kappa shape index (κ1) is 19.5. The summed E-state index contributed by atoms with van der Waals surface area (Å²) in [5.41, 5.74) is 0.992. The summed E-state index contributed by atoms with van der Waals surface area (Å²) in [6, 6.07) is 7.61. The number of aromatic amines is 1. The first-order valence-electron chi connectivity index (χ1n) is 10.3. The molecule has 29 heavy (non-hydrogen) atoms. The van der Waals surface area contributed by atoms with Crippen molar-refractivity contribution in [2.45, 2.75) is 57.2 Å². The van der Waals surface area contributed by atoms with Gasteiger partial charge in [0, 0.05) is 63.0 Å². The van der Waals surface area contributed by atoms with E-state index in [0.717, 1.165) is 36.7 Å². The second-order valence-electron chi connectivity index (χ2n) is 8.23. The lowest BCUT2D eigenvalue weighted by atomic mass is 9.97. The summed E-state index contributed by atoms with van der Waals surface area (Å²) in [5, 5.41) is 22.9. The summed E-state index contributed by atoms with van der Waals surface area (Å²) in [4.78, 5) is 13.9. The molecule has 2 aliphatic heterocycles. The Morgan fingerprint density at radius 3 is 2.59 bits per heavy atom. The summed E-state index contributed by atoms with van der Waals surface area (Å²) in [7, 11) is 3.95. The standard InChI is InChI=1S/C20H29N9/c1-13-9-18(27-26-13)23-17-12-19(28(2)3)25-20(24-17)22-14-10-15-5-6-16(11-14)29(15)8-4-7-21/h9,12,14-16H,4-6,8,10-11H2,1-3H3,(H3,22,23,24,25,26,27)/t14-,15-,16+. The van der Waals surface area contributed by atoms with Gasteiger partial charge in [-0.25, -0.2) is 0 Å². The molecule has 2 bridgehead atoms. The van der Waals surface area contributed by atoms with E-state index in [1.165, 1.54) is 12.8 Å². The highest BCUT2D eigenvalue weighted by molar-refractivity contribution is 5.59. The molecular weight excluding hydrogens is 366 g/mol. The molecule has 4 rings (SSSR count). The first-order valence-corrected chi connectivity index (χ1v) is 10.3. The third-order valence-electron chi connectivity index (χ3n) is 5.83. The van der Waals surface area contributed by atoms with Crippen LogP contribution in [0.3, 0.4) is 0 Å². The molecule has 3 atom stereocenters. The van der Waals surface area contributed by atoms with Gasteiger partial charge in [-0.3, -0.25) is 10.00 Å². The van der Waals surface area contributed by atoms with Gasteiger partial charge in [0.1, 0.15) is 11.6 Å². The Bertz CT molecular complexity index is 870. The molecule has 2 saturated heterocycles. The van der Waals surface area contributed by atoms with Crippen molar-refractivity contribution in [3.8, 4) is 6.07 Å². The van der Waals surface area contributed by atoms with Crippen LogP contribution in [0.2, 0.25) is 0 Å². The maximum absolute atomic E-state index is 8.92. The molecule has 9 nitrogen and oxygen atoms in total. The third-order valence-corrected chi connectivity index (χ3v) is 5.83. The van der Waals surface area contributed by atoms with Crippen molar-refractivity contribution < 1.29 is 0 Å². The van der Waals surface area contributed by atoms with Crippen LogP contribution >= 0.6 is 0 Å². The number of anilines is 4. The second kappa shape index (κ2) is 8.25. The monoisotopic (exact) mass is 395 g/mol. The lowest BCUT2D eigenvalue weighted by Gasteiger charge is -2.38. The quantitative estimate of drug-likeness (QED) is 0.656. The minimum atomic E-state index is 0.351. The van der Waals surface area contributed by atoms with E-state index in [4.69, 9.17) is 10.2 Å². The summed E-state index contributed by atoms with van der Waals surface area (Å²) < 4.78 is 0. The Balaban J connectivity index is 1.48. The lowest BCUT2D eigenvalue weighted by Crippen LogP contribution is -2.47. The number of nitriles is 1. The van der Waals surface area contributed by atoms with Crippen molar-refractivity contribution in [2.24, 2.45) is 0 Å². The van der Waals surface area contributed by atoms with Crippen molar-refractivity contribution in [2.75, 3.05) is 36.2 Å². The zero-order valence-corrected chi connectivity index (χ0v) is 17.3. The predicted molar refractivity (Wildman–Crippen MR) is 113 cm³/mol. The van der Waals surface area contributed by atoms with Crippen molar-refractivity contribution in [1.82, 2.24) is 25.1 Å². The highest BCUT2D eigenvalue weighted by atomic mass is 15.3. The molecule has 2 aromatic rings. The normalized spacial score (nSPS) is 23.6. The van der Waals surface area contributed by atoms with E-state index < -0.39 is 0 Å². The van der Waals surface area contributed by atoms with E-state index in [0.29, 0.717) is 36.3 Å². The highest BCUT2D eigenvalue weighted by Crippen LogP contribution is 2.36. The number of hydrogen-bond donors (Lipinski definition) is 3. The van der Waals surface area contributed by atoms with Gasteiger partial charge in [-0.05, 0) is 32.6 Å². The highest BCUT2D eigenvalue weighted by Gasteiger charge is 2.40. The molecule has 4 heterocycles. The molecule has 9 heteroatoms. The van der Waals surface area contributed by atoms with Crippen LogP contribution in [0.25, 0.3) is 0 Å². The smallest absolute Gasteiger partial charge is 0.226 e. The average molecular weight is 396 g/mol. The van der Waals surface area contributed by atoms with E-state index in [-0.39, 0.29) is 0 Å². The largest absolute Gasteiger partial charge is 0.363 e. The maximum Gasteiger partial charge on any atom is 0.226 e. The molecule has 0 aromatic carbocycles. The van der Waals surface area contributed by atoms with Crippen LogP contribution in [0, 0.1) is 18.3 Å². The molecule has 154 valence electrons. The fraction of sp³-hybridized carbons (Fsp3) is 0.600. The van der Waals surface area contributed by atoms with Gasteiger partial charge < -0.3 is 15.5 Å². The Hall–Kier alpha value is -2.86. The van der Waals surface area contributed by atoms with Crippen LogP contribution in [0.5, 0.6) is 0 Å². The maximum atomic E-state index is 8.92. The van der Waals surface area contributed by atoms with Gasteiger partial charge >= 0.3 is 0 Å². The van der Waals surface area contributed by atoms with E-state index >= 15 is 0 Å². The molecular formula is C20H29N9. The van der Waals surface area contributed by atoms with Crippen LogP contribution in [-0.4, -0.2) is 63.8 Å². The summed E-state index contributed by atoms with van der Waals surface area (Å²) in [6.45, 7) is 2.86. The number of nitrogens with one attached hydrogen (secondary N) is 3. The fourth-order valence-electron chi connectivity index (χ4n) is 4.52.